The number of likely N-dealkylation sites (tertiary alicyclic amines) is 1. The van der Waals surface area contributed by atoms with Gasteiger partial charge in [-0.25, -0.2) is 4.79 Å². The first-order valence-corrected chi connectivity index (χ1v) is 20.3. The van der Waals surface area contributed by atoms with Gasteiger partial charge in [-0.05, 0) is 54.3 Å². The Labute approximate surface area is 288 Å². The Kier molecular flexibility index (Phi) is 8.79. The molecule has 4 heterocycles. The summed E-state index contributed by atoms with van der Waals surface area (Å²) in [6, 6.07) is 23.5. The zero-order valence-electron chi connectivity index (χ0n) is 28.6. The van der Waals surface area contributed by atoms with E-state index in [0.717, 1.165) is 41.1 Å². The molecule has 7 rings (SSSR count). The number of carbonyl (C=O) groups excluding carboxylic acids is 3. The van der Waals surface area contributed by atoms with Gasteiger partial charge in [0.1, 0.15) is 12.4 Å². The molecule has 4 aliphatic heterocycles. The summed E-state index contributed by atoms with van der Waals surface area (Å²) in [5.41, 5.74) is 1.98. The predicted octanol–water partition coefficient (Wildman–Crippen LogP) is 4.79. The van der Waals surface area contributed by atoms with Crippen molar-refractivity contribution in [2.45, 2.75) is 69.1 Å². The second-order valence-electron chi connectivity index (χ2n) is 14.3. The van der Waals surface area contributed by atoms with Gasteiger partial charge in [0.15, 0.2) is 5.60 Å². The molecule has 3 fully saturated rings. The molecule has 0 aliphatic carbocycles. The van der Waals surface area contributed by atoms with E-state index in [-0.39, 0.29) is 48.4 Å². The number of methoxy groups -OCH3 is 1. The highest BCUT2D eigenvalue weighted by atomic mass is 28.3. The normalized spacial score (nSPS) is 26.5. The van der Waals surface area contributed by atoms with Crippen LogP contribution in [0.25, 0.3) is 0 Å². The van der Waals surface area contributed by atoms with Gasteiger partial charge in [0.2, 0.25) is 5.91 Å². The van der Waals surface area contributed by atoms with E-state index in [2.05, 4.69) is 32.2 Å². The number of aliphatic hydroxyl groups is 1. The first kappa shape index (κ1) is 33.3. The molecule has 3 saturated heterocycles. The smallest absolute Gasteiger partial charge is 0.414 e. The van der Waals surface area contributed by atoms with Gasteiger partial charge >= 0.3 is 6.09 Å². The first-order valence-electron chi connectivity index (χ1n) is 17.3. The fourth-order valence-electron chi connectivity index (χ4n) is 8.86. The summed E-state index contributed by atoms with van der Waals surface area (Å²) in [6.07, 6.45) is 0.944. The van der Waals surface area contributed by atoms with Gasteiger partial charge in [-0.3, -0.25) is 14.5 Å². The summed E-state index contributed by atoms with van der Waals surface area (Å²) in [4.78, 5) is 46.3. The Balaban J connectivity index is 1.24. The van der Waals surface area contributed by atoms with Crippen molar-refractivity contribution < 1.29 is 33.7 Å². The van der Waals surface area contributed by atoms with E-state index < -0.39 is 19.8 Å². The van der Waals surface area contributed by atoms with Crippen molar-refractivity contribution in [3.8, 4) is 5.75 Å². The molecule has 0 saturated carbocycles. The molecule has 1 spiro atoms. The zero-order chi connectivity index (χ0) is 34.5. The molecule has 5 atom stereocenters. The van der Waals surface area contributed by atoms with Crippen LogP contribution in [-0.4, -0.2) is 81.5 Å². The number of amides is 3. The highest BCUT2D eigenvalue weighted by Gasteiger charge is 2.66. The fraction of sp³-hybridized carbons (Fsp3) is 0.447. The summed E-state index contributed by atoms with van der Waals surface area (Å²) in [5.74, 6) is 0.388. The Morgan fingerprint density at radius 2 is 1.76 bits per heavy atom. The number of hydrogen-bond acceptors (Lipinski definition) is 7. The Hall–Kier alpha value is -4.19. The highest BCUT2D eigenvalue weighted by Crippen LogP contribution is 2.60. The monoisotopic (exact) mass is 683 g/mol. The number of rotatable bonds is 9. The maximum atomic E-state index is 15.0. The number of aliphatic hydroxyl groups excluding tert-OH is 1. The lowest BCUT2D eigenvalue weighted by Crippen LogP contribution is -2.52. The third-order valence-electron chi connectivity index (χ3n) is 11.4. The summed E-state index contributed by atoms with van der Waals surface area (Å²) in [5, 5.41) is 11.2. The van der Waals surface area contributed by atoms with Gasteiger partial charge in [0.05, 0.1) is 59.1 Å². The summed E-state index contributed by atoms with van der Waals surface area (Å²) in [6.45, 7) is 8.51. The summed E-state index contributed by atoms with van der Waals surface area (Å²) >= 11 is 0. The fourth-order valence-corrected chi connectivity index (χ4v) is 12.9. The Morgan fingerprint density at radius 1 is 1.02 bits per heavy atom. The third kappa shape index (κ3) is 5.52. The lowest BCUT2D eigenvalue weighted by Gasteiger charge is -2.37. The Bertz CT molecular complexity index is 1730. The van der Waals surface area contributed by atoms with Crippen molar-refractivity contribution >= 4 is 42.5 Å². The zero-order valence-corrected chi connectivity index (χ0v) is 29.6. The topological polar surface area (TPSA) is 109 Å². The van der Waals surface area contributed by atoms with Gasteiger partial charge < -0.3 is 29.1 Å². The molecular formula is C38H45N3O7Si. The number of anilines is 2. The van der Waals surface area contributed by atoms with Crippen LogP contribution in [0.5, 0.6) is 5.75 Å². The molecule has 4 aliphatic rings. The predicted molar refractivity (Wildman–Crippen MR) is 189 cm³/mol. The minimum atomic E-state index is -2.42. The van der Waals surface area contributed by atoms with Crippen molar-refractivity contribution in [1.29, 1.82) is 0 Å². The minimum Gasteiger partial charge on any atom is -0.497 e. The van der Waals surface area contributed by atoms with E-state index in [4.69, 9.17) is 14.2 Å². The van der Waals surface area contributed by atoms with E-state index in [1.165, 1.54) is 5.19 Å². The van der Waals surface area contributed by atoms with Crippen LogP contribution < -0.4 is 19.7 Å². The van der Waals surface area contributed by atoms with E-state index in [0.29, 0.717) is 26.2 Å². The average Bonchev–Trinajstić information content (AvgIpc) is 3.88. The molecule has 49 heavy (non-hydrogen) atoms. The van der Waals surface area contributed by atoms with Crippen LogP contribution in [0.15, 0.2) is 72.8 Å². The quantitative estimate of drug-likeness (QED) is 0.323. The van der Waals surface area contributed by atoms with Crippen LogP contribution in [0.1, 0.15) is 37.3 Å². The van der Waals surface area contributed by atoms with E-state index in [1.807, 2.05) is 65.6 Å². The van der Waals surface area contributed by atoms with Crippen molar-refractivity contribution in [1.82, 2.24) is 4.90 Å². The molecule has 0 radical (unpaired) electrons. The maximum absolute atomic E-state index is 15.0. The number of carbonyl (C=O) groups is 3. The third-order valence-corrected chi connectivity index (χ3v) is 15.7. The number of fused-ring (bicyclic) bond motifs is 2. The number of ether oxygens (including phenoxy) is 3. The second-order valence-corrected chi connectivity index (χ2v) is 19.0. The van der Waals surface area contributed by atoms with Gasteiger partial charge in [0.25, 0.3) is 5.91 Å². The molecule has 0 unspecified atom stereocenters. The molecule has 10 nitrogen and oxygen atoms in total. The molecule has 3 amide bonds. The SMILES string of the molecule is COc1ccc([Si](C)(C)[C@H]2[C@H](CC(=O)N3CCC[C@H]3CO)O[C@@]3(C(=O)N(Cc4ccc(N5CCOC5=O)cc4)c4ccccc43)[C@@H]2C)cc1. The first-order chi connectivity index (χ1) is 23.6. The van der Waals surface area contributed by atoms with Gasteiger partial charge in [0, 0.05) is 23.7 Å². The van der Waals surface area contributed by atoms with Crippen LogP contribution in [0.4, 0.5) is 16.2 Å². The lowest BCUT2D eigenvalue weighted by atomic mass is 9.82. The number of hydrogen-bond donors (Lipinski definition) is 1. The second kappa shape index (κ2) is 12.9. The lowest BCUT2D eigenvalue weighted by molar-refractivity contribution is -0.150. The largest absolute Gasteiger partial charge is 0.497 e. The van der Waals surface area contributed by atoms with Gasteiger partial charge in [-0.15, -0.1) is 0 Å². The molecule has 0 bridgehead atoms. The molecule has 1 N–H and O–H groups in total. The van der Waals surface area contributed by atoms with E-state index >= 15 is 4.79 Å². The number of nitrogens with zero attached hydrogens (tertiary/aromatic N) is 3. The number of para-hydroxylation sites is 1. The standard InChI is InChI=1S/C38H45N3O7Si/c1-25-35(49(3,4)30-17-15-29(46-2)16-18-30)33(22-34(43)39-19-7-8-28(39)24-42)48-38(25)31-9-5-6-10-32(31)41(36(38)44)23-26-11-13-27(14-12-26)40-20-21-47-37(40)45/h5-6,9-18,25,28,33,35,42H,7-8,19-24H2,1-4H3/t25-,28+,33+,35-,38+/m1/s1. The van der Waals surface area contributed by atoms with Crippen molar-refractivity contribution in [3.63, 3.8) is 0 Å². The van der Waals surface area contributed by atoms with E-state index in [1.54, 1.807) is 16.9 Å². The summed E-state index contributed by atoms with van der Waals surface area (Å²) < 4.78 is 17.7. The maximum Gasteiger partial charge on any atom is 0.414 e. The van der Waals surface area contributed by atoms with Crippen LogP contribution in [0.2, 0.25) is 18.6 Å². The van der Waals surface area contributed by atoms with Gasteiger partial charge in [-0.1, -0.05) is 67.7 Å². The average molecular weight is 684 g/mol. The minimum absolute atomic E-state index is 0.0344. The Morgan fingerprint density at radius 3 is 2.43 bits per heavy atom. The molecule has 0 aromatic heterocycles. The van der Waals surface area contributed by atoms with Gasteiger partial charge in [-0.2, -0.15) is 0 Å². The van der Waals surface area contributed by atoms with Crippen LogP contribution in [0.3, 0.4) is 0 Å². The van der Waals surface area contributed by atoms with Crippen LogP contribution in [0, 0.1) is 5.92 Å². The number of cyclic esters (lactones) is 1. The molecule has 3 aromatic rings. The molecular weight excluding hydrogens is 639 g/mol. The van der Waals surface area contributed by atoms with Crippen molar-refractivity contribution in [2.24, 2.45) is 5.92 Å². The number of benzene rings is 3. The summed E-state index contributed by atoms with van der Waals surface area (Å²) in [7, 11) is -0.766. The van der Waals surface area contributed by atoms with Crippen LogP contribution >= 0.6 is 0 Å². The highest BCUT2D eigenvalue weighted by molar-refractivity contribution is 6.91. The molecule has 11 heteroatoms. The molecule has 258 valence electrons. The molecule has 3 aromatic carbocycles. The van der Waals surface area contributed by atoms with Crippen molar-refractivity contribution in [2.75, 3.05) is 43.2 Å². The van der Waals surface area contributed by atoms with E-state index in [9.17, 15) is 14.7 Å². The van der Waals surface area contributed by atoms with Crippen LogP contribution in [-0.2, 0) is 31.2 Å². The van der Waals surface area contributed by atoms with Crippen molar-refractivity contribution in [3.05, 3.63) is 83.9 Å².